The second kappa shape index (κ2) is 12.5. The Morgan fingerprint density at radius 1 is 0.423 bits per heavy atom. The largest absolute Gasteiger partial charge is 0.454 e. The minimum Gasteiger partial charge on any atom is -0.454 e. The molecule has 0 bridgehead atoms. The lowest BCUT2D eigenvalue weighted by Gasteiger charge is -2.33. The maximum Gasteiger partial charge on any atom is 0.159 e. The molecular weight excluding hydrogens is 635 g/mol. The second-order valence-electron chi connectivity index (χ2n) is 13.3. The van der Waals surface area contributed by atoms with Crippen molar-refractivity contribution in [1.82, 2.24) is 4.57 Å². The number of allylic oxidation sites excluding steroid dienone is 4. The molecule has 4 heteroatoms. The summed E-state index contributed by atoms with van der Waals surface area (Å²) in [4.78, 5) is 4.80. The zero-order chi connectivity index (χ0) is 34.4. The number of hydrogen-bond donors (Lipinski definition) is 0. The van der Waals surface area contributed by atoms with Crippen molar-refractivity contribution in [2.45, 2.75) is 12.8 Å². The maximum absolute atomic E-state index is 6.55. The first-order chi connectivity index (χ1) is 25.8. The van der Waals surface area contributed by atoms with E-state index in [2.05, 4.69) is 196 Å². The van der Waals surface area contributed by atoms with E-state index in [1.54, 1.807) is 0 Å². The van der Waals surface area contributed by atoms with Crippen molar-refractivity contribution >= 4 is 66.5 Å². The number of anilines is 4. The van der Waals surface area contributed by atoms with Crippen LogP contribution in [0.1, 0.15) is 12.8 Å². The first kappa shape index (κ1) is 30.1. The molecule has 4 nitrogen and oxygen atoms in total. The van der Waals surface area contributed by atoms with Crippen LogP contribution in [0.4, 0.5) is 22.7 Å². The lowest BCUT2D eigenvalue weighted by molar-refractivity contribution is 0.668. The van der Waals surface area contributed by atoms with Gasteiger partial charge in [-0.1, -0.05) is 103 Å². The Morgan fingerprint density at radius 2 is 1.00 bits per heavy atom. The van der Waals surface area contributed by atoms with E-state index in [-0.39, 0.29) is 0 Å². The van der Waals surface area contributed by atoms with Crippen LogP contribution < -0.4 is 9.80 Å². The summed E-state index contributed by atoms with van der Waals surface area (Å²) >= 11 is 0. The van der Waals surface area contributed by atoms with Crippen LogP contribution >= 0.6 is 0 Å². The minimum absolute atomic E-state index is 0.857. The minimum atomic E-state index is 0.857. The van der Waals surface area contributed by atoms with Crippen molar-refractivity contribution in [3.63, 3.8) is 0 Å². The number of nitrogens with zero attached hydrogens (tertiary/aromatic N) is 3. The molecule has 1 aliphatic rings. The Labute approximate surface area is 302 Å². The zero-order valence-electron chi connectivity index (χ0n) is 28.6. The van der Waals surface area contributed by atoms with Crippen LogP contribution in [0, 0.1) is 0 Å². The van der Waals surface area contributed by atoms with Crippen molar-refractivity contribution in [3.05, 3.63) is 199 Å². The van der Waals surface area contributed by atoms with Gasteiger partial charge >= 0.3 is 0 Å². The van der Waals surface area contributed by atoms with E-state index < -0.39 is 0 Å². The van der Waals surface area contributed by atoms with Crippen LogP contribution in [-0.2, 0) is 0 Å². The van der Waals surface area contributed by atoms with Gasteiger partial charge in [-0.05, 0) is 97.8 Å². The number of furan rings is 1. The van der Waals surface area contributed by atoms with Gasteiger partial charge in [0, 0.05) is 55.7 Å². The van der Waals surface area contributed by atoms with Crippen LogP contribution in [0.2, 0.25) is 0 Å². The number of benzene rings is 7. The van der Waals surface area contributed by atoms with Gasteiger partial charge in [0.2, 0.25) is 0 Å². The van der Waals surface area contributed by atoms with Crippen LogP contribution in [0.15, 0.2) is 204 Å². The average Bonchev–Trinajstić information content (AvgIpc) is 3.76. The lowest BCUT2D eigenvalue weighted by Crippen LogP contribution is -2.22. The van der Waals surface area contributed by atoms with Gasteiger partial charge < -0.3 is 18.8 Å². The highest BCUT2D eigenvalue weighted by molar-refractivity contribution is 6.11. The predicted octanol–water partition coefficient (Wildman–Crippen LogP) is 13.2. The van der Waals surface area contributed by atoms with Gasteiger partial charge in [-0.15, -0.1) is 0 Å². The van der Waals surface area contributed by atoms with Gasteiger partial charge in [-0.3, -0.25) is 0 Å². The first-order valence-corrected chi connectivity index (χ1v) is 17.9. The van der Waals surface area contributed by atoms with E-state index in [1.165, 1.54) is 33.2 Å². The third kappa shape index (κ3) is 4.99. The molecule has 0 saturated carbocycles. The SMILES string of the molecule is C1=C(N(c2ccccc2)c2ccc3c(c2)c2ccccc2n3-c2ccccc2)CCC(N(c2ccccc2)c2cccc3c2oc2ccccc23)=C1. The molecule has 0 fully saturated rings. The molecule has 10 rings (SSSR count). The average molecular weight is 670 g/mol. The highest BCUT2D eigenvalue weighted by atomic mass is 16.3. The Bertz CT molecular complexity index is 2790. The molecule has 1 aliphatic carbocycles. The summed E-state index contributed by atoms with van der Waals surface area (Å²) in [7, 11) is 0. The van der Waals surface area contributed by atoms with Crippen molar-refractivity contribution in [2.75, 3.05) is 9.80 Å². The first-order valence-electron chi connectivity index (χ1n) is 17.9. The summed E-state index contributed by atoms with van der Waals surface area (Å²) < 4.78 is 8.93. The fourth-order valence-corrected chi connectivity index (χ4v) is 7.95. The van der Waals surface area contributed by atoms with Gasteiger partial charge in [0.25, 0.3) is 0 Å². The molecule has 0 saturated heterocycles. The topological polar surface area (TPSA) is 24.6 Å². The number of para-hydroxylation sites is 6. The highest BCUT2D eigenvalue weighted by Crippen LogP contribution is 2.43. The van der Waals surface area contributed by atoms with E-state index in [9.17, 15) is 0 Å². The predicted molar refractivity (Wildman–Crippen MR) is 217 cm³/mol. The Balaban J connectivity index is 1.11. The molecule has 52 heavy (non-hydrogen) atoms. The zero-order valence-corrected chi connectivity index (χ0v) is 28.6. The molecule has 0 spiro atoms. The summed E-state index contributed by atoms with van der Waals surface area (Å²) in [6, 6.07) is 62.4. The van der Waals surface area contributed by atoms with Crippen molar-refractivity contribution < 1.29 is 4.42 Å². The van der Waals surface area contributed by atoms with E-state index in [0.717, 1.165) is 63.2 Å². The summed E-state index contributed by atoms with van der Waals surface area (Å²) in [5.41, 5.74) is 12.3. The molecule has 0 radical (unpaired) electrons. The smallest absolute Gasteiger partial charge is 0.159 e. The Morgan fingerprint density at radius 3 is 1.73 bits per heavy atom. The van der Waals surface area contributed by atoms with Crippen molar-refractivity contribution in [3.8, 4) is 5.69 Å². The van der Waals surface area contributed by atoms with Gasteiger partial charge in [0.15, 0.2) is 5.58 Å². The summed E-state index contributed by atoms with van der Waals surface area (Å²) in [5, 5.41) is 4.74. The Kier molecular flexibility index (Phi) is 7.24. The van der Waals surface area contributed by atoms with Gasteiger partial charge in [-0.25, -0.2) is 0 Å². The van der Waals surface area contributed by atoms with E-state index in [0.29, 0.717) is 0 Å². The quantitative estimate of drug-likeness (QED) is 0.169. The molecule has 248 valence electrons. The summed E-state index contributed by atoms with van der Waals surface area (Å²) in [6.07, 6.45) is 6.32. The van der Waals surface area contributed by atoms with Crippen LogP contribution in [0.25, 0.3) is 49.4 Å². The molecule has 2 heterocycles. The molecule has 0 amide bonds. The molecule has 0 unspecified atom stereocenters. The van der Waals surface area contributed by atoms with Crippen molar-refractivity contribution in [1.29, 1.82) is 0 Å². The number of fused-ring (bicyclic) bond motifs is 6. The van der Waals surface area contributed by atoms with Crippen molar-refractivity contribution in [2.24, 2.45) is 0 Å². The Hall–Kier alpha value is -6.78. The van der Waals surface area contributed by atoms with Gasteiger partial charge in [0.05, 0.1) is 16.7 Å². The van der Waals surface area contributed by atoms with Gasteiger partial charge in [-0.2, -0.15) is 0 Å². The third-order valence-corrected chi connectivity index (χ3v) is 10.3. The summed E-state index contributed by atoms with van der Waals surface area (Å²) in [5.74, 6) is 0. The van der Waals surface area contributed by atoms with Crippen LogP contribution in [0.3, 0.4) is 0 Å². The molecule has 0 atom stereocenters. The molecule has 9 aromatic rings. The van der Waals surface area contributed by atoms with Crippen LogP contribution in [0.5, 0.6) is 0 Å². The molecular formula is C48H35N3O. The molecule has 7 aromatic carbocycles. The molecule has 0 N–H and O–H groups in total. The molecule has 2 aromatic heterocycles. The number of rotatable bonds is 7. The monoisotopic (exact) mass is 669 g/mol. The van der Waals surface area contributed by atoms with Gasteiger partial charge in [0.1, 0.15) is 5.58 Å². The van der Waals surface area contributed by atoms with E-state index in [4.69, 9.17) is 4.42 Å². The fourth-order valence-electron chi connectivity index (χ4n) is 7.95. The third-order valence-electron chi connectivity index (χ3n) is 10.3. The molecule has 0 aliphatic heterocycles. The standard InChI is InChI=1S/C48H35N3O/c1-4-15-34(16-5-1)49(39-31-32-45-43(33-39)40-21-10-12-24-44(40)51(45)36-19-8-3-9-20-36)37-27-29-38(30-28-37)50(35-17-6-2-7-18-35)46-25-14-23-42-41-22-11-13-26-47(41)52-48(42)46/h1-27,29,31-33H,28,30H2. The number of aromatic nitrogens is 1. The van der Waals surface area contributed by atoms with Crippen LogP contribution in [-0.4, -0.2) is 4.57 Å². The normalized spacial score (nSPS) is 13.1. The fraction of sp³-hybridized carbons (Fsp3) is 0.0417. The highest BCUT2D eigenvalue weighted by Gasteiger charge is 2.25. The number of hydrogen-bond acceptors (Lipinski definition) is 3. The van der Waals surface area contributed by atoms with E-state index in [1.807, 2.05) is 6.07 Å². The lowest BCUT2D eigenvalue weighted by atomic mass is 10.0. The van der Waals surface area contributed by atoms with E-state index >= 15 is 0 Å². The maximum atomic E-state index is 6.55. The second-order valence-corrected chi connectivity index (χ2v) is 13.3. The summed E-state index contributed by atoms with van der Waals surface area (Å²) in [6.45, 7) is 0.